The molecule has 2 aliphatic rings. The summed E-state index contributed by atoms with van der Waals surface area (Å²) >= 11 is 3.38. The Morgan fingerprint density at radius 3 is 2.61 bits per heavy atom. The smallest absolute Gasteiger partial charge is 0.106 e. The molecule has 1 aromatic rings. The van der Waals surface area contributed by atoms with E-state index in [1.54, 1.807) is 0 Å². The third-order valence-corrected chi connectivity index (χ3v) is 6.33. The zero-order chi connectivity index (χ0) is 13.0. The van der Waals surface area contributed by atoms with E-state index in [1.165, 1.54) is 19.3 Å². The zero-order valence-electron chi connectivity index (χ0n) is 11.3. The number of nitrogens with zero attached hydrogens (tertiary/aromatic N) is 1. The highest BCUT2D eigenvalue weighted by atomic mass is 79.9. The third kappa shape index (κ3) is 1.63. The Morgan fingerprint density at radius 1 is 1.33 bits per heavy atom. The molecule has 0 amide bonds. The maximum atomic E-state index is 4.30. The number of rotatable bonds is 2. The fourth-order valence-electron chi connectivity index (χ4n) is 4.08. The lowest BCUT2D eigenvalue weighted by Crippen LogP contribution is -2.40. The number of aromatic nitrogens is 1. The van der Waals surface area contributed by atoms with E-state index in [0.717, 1.165) is 16.2 Å². The van der Waals surface area contributed by atoms with Crippen molar-refractivity contribution in [3.05, 3.63) is 22.9 Å². The van der Waals surface area contributed by atoms with E-state index in [2.05, 4.69) is 53.1 Å². The van der Waals surface area contributed by atoms with Crippen LogP contribution in [0.15, 0.2) is 22.9 Å². The normalized spacial score (nSPS) is 36.9. The van der Waals surface area contributed by atoms with E-state index in [1.807, 2.05) is 12.3 Å². The SMILES string of the molecule is CC1(C)C2CCC1(C)C(Nc1ccc(Br)nc1)C2. The van der Waals surface area contributed by atoms with Gasteiger partial charge in [-0.05, 0) is 64.1 Å². The lowest BCUT2D eigenvalue weighted by atomic mass is 9.69. The molecule has 2 fully saturated rings. The molecule has 3 rings (SSSR count). The van der Waals surface area contributed by atoms with Crippen LogP contribution in [0.2, 0.25) is 0 Å². The second-order valence-electron chi connectivity index (χ2n) is 6.68. The van der Waals surface area contributed by atoms with Crippen LogP contribution in [0, 0.1) is 16.7 Å². The number of halogens is 1. The molecule has 0 radical (unpaired) electrons. The van der Waals surface area contributed by atoms with Crippen molar-refractivity contribution in [3.8, 4) is 0 Å². The molecular formula is C15H21BrN2. The van der Waals surface area contributed by atoms with Crippen LogP contribution in [-0.2, 0) is 0 Å². The molecule has 2 aliphatic carbocycles. The van der Waals surface area contributed by atoms with E-state index in [0.29, 0.717) is 16.9 Å². The summed E-state index contributed by atoms with van der Waals surface area (Å²) in [5.74, 6) is 0.878. The van der Waals surface area contributed by atoms with E-state index in [-0.39, 0.29) is 0 Å². The Kier molecular flexibility index (Phi) is 2.74. The van der Waals surface area contributed by atoms with Gasteiger partial charge in [-0.3, -0.25) is 0 Å². The quantitative estimate of drug-likeness (QED) is 0.815. The van der Waals surface area contributed by atoms with Gasteiger partial charge in [0.2, 0.25) is 0 Å². The average molecular weight is 309 g/mol. The van der Waals surface area contributed by atoms with Gasteiger partial charge in [-0.15, -0.1) is 0 Å². The summed E-state index contributed by atoms with van der Waals surface area (Å²) in [5, 5.41) is 3.71. The molecule has 3 unspecified atom stereocenters. The number of pyridine rings is 1. The minimum atomic E-state index is 0.421. The van der Waals surface area contributed by atoms with Gasteiger partial charge in [0.1, 0.15) is 4.60 Å². The molecule has 2 saturated carbocycles. The van der Waals surface area contributed by atoms with Crippen LogP contribution in [0.4, 0.5) is 5.69 Å². The maximum absolute atomic E-state index is 4.30. The summed E-state index contributed by atoms with van der Waals surface area (Å²) in [7, 11) is 0. The highest BCUT2D eigenvalue weighted by Gasteiger charge is 2.61. The summed E-state index contributed by atoms with van der Waals surface area (Å²) < 4.78 is 0.896. The predicted octanol–water partition coefficient (Wildman–Crippen LogP) is 4.47. The molecule has 98 valence electrons. The first-order valence-corrected chi connectivity index (χ1v) is 7.61. The Morgan fingerprint density at radius 2 is 2.11 bits per heavy atom. The molecule has 0 aromatic carbocycles. The second-order valence-corrected chi connectivity index (χ2v) is 7.49. The van der Waals surface area contributed by atoms with Crippen molar-refractivity contribution in [3.63, 3.8) is 0 Å². The Balaban J connectivity index is 1.81. The van der Waals surface area contributed by atoms with Gasteiger partial charge in [0.05, 0.1) is 11.9 Å². The lowest BCUT2D eigenvalue weighted by molar-refractivity contribution is 0.142. The van der Waals surface area contributed by atoms with E-state index >= 15 is 0 Å². The molecule has 3 atom stereocenters. The number of anilines is 1. The summed E-state index contributed by atoms with van der Waals surface area (Å²) in [4.78, 5) is 4.30. The van der Waals surface area contributed by atoms with Crippen molar-refractivity contribution in [1.29, 1.82) is 0 Å². The van der Waals surface area contributed by atoms with Crippen molar-refractivity contribution in [2.45, 2.75) is 46.1 Å². The van der Waals surface area contributed by atoms with E-state index in [4.69, 9.17) is 0 Å². The topological polar surface area (TPSA) is 24.9 Å². The minimum absolute atomic E-state index is 0.421. The van der Waals surface area contributed by atoms with Crippen molar-refractivity contribution in [2.75, 3.05) is 5.32 Å². The summed E-state index contributed by atoms with van der Waals surface area (Å²) in [6.45, 7) is 7.36. The van der Waals surface area contributed by atoms with E-state index < -0.39 is 0 Å². The standard InChI is InChI=1S/C15H21BrN2/c1-14(2)10-6-7-15(14,3)12(8-10)18-11-4-5-13(16)17-9-11/h4-5,9-10,12,18H,6-8H2,1-3H3. The summed E-state index contributed by atoms with van der Waals surface area (Å²) in [6.07, 6.45) is 5.98. The van der Waals surface area contributed by atoms with E-state index in [9.17, 15) is 0 Å². The van der Waals surface area contributed by atoms with Gasteiger partial charge in [0.15, 0.2) is 0 Å². The molecule has 0 saturated heterocycles. The second kappa shape index (κ2) is 3.96. The van der Waals surface area contributed by atoms with Crippen LogP contribution in [0.1, 0.15) is 40.0 Å². The fourth-order valence-corrected chi connectivity index (χ4v) is 4.32. The molecule has 1 N–H and O–H groups in total. The monoisotopic (exact) mass is 308 g/mol. The molecule has 0 aliphatic heterocycles. The average Bonchev–Trinajstić information content (AvgIpc) is 2.65. The number of hydrogen-bond donors (Lipinski definition) is 1. The first-order valence-electron chi connectivity index (χ1n) is 6.81. The molecule has 3 heteroatoms. The Bertz CT molecular complexity index is 454. The van der Waals surface area contributed by atoms with Gasteiger partial charge < -0.3 is 5.32 Å². The third-order valence-electron chi connectivity index (χ3n) is 5.86. The van der Waals surface area contributed by atoms with Gasteiger partial charge in [-0.25, -0.2) is 4.98 Å². The van der Waals surface area contributed by atoms with Gasteiger partial charge >= 0.3 is 0 Å². The van der Waals surface area contributed by atoms with Crippen LogP contribution in [0.5, 0.6) is 0 Å². The van der Waals surface area contributed by atoms with Crippen LogP contribution >= 0.6 is 15.9 Å². The first kappa shape index (κ1) is 12.5. The summed E-state index contributed by atoms with van der Waals surface area (Å²) in [5.41, 5.74) is 2.03. The van der Waals surface area contributed by atoms with Gasteiger partial charge in [0.25, 0.3) is 0 Å². The van der Waals surface area contributed by atoms with Crippen LogP contribution in [0.25, 0.3) is 0 Å². The number of nitrogens with one attached hydrogen (secondary N) is 1. The largest absolute Gasteiger partial charge is 0.380 e. The van der Waals surface area contributed by atoms with Crippen molar-refractivity contribution < 1.29 is 0 Å². The summed E-state index contributed by atoms with van der Waals surface area (Å²) in [6, 6.07) is 4.71. The van der Waals surface area contributed by atoms with Crippen molar-refractivity contribution >= 4 is 21.6 Å². The van der Waals surface area contributed by atoms with Crippen LogP contribution in [0.3, 0.4) is 0 Å². The Labute approximate surface area is 118 Å². The number of fused-ring (bicyclic) bond motifs is 2. The zero-order valence-corrected chi connectivity index (χ0v) is 12.9. The van der Waals surface area contributed by atoms with Crippen molar-refractivity contribution in [1.82, 2.24) is 4.98 Å². The minimum Gasteiger partial charge on any atom is -0.380 e. The predicted molar refractivity (Wildman–Crippen MR) is 78.6 cm³/mol. The first-order chi connectivity index (χ1) is 8.43. The Hall–Kier alpha value is -0.570. The molecule has 18 heavy (non-hydrogen) atoms. The molecule has 1 heterocycles. The lowest BCUT2D eigenvalue weighted by Gasteiger charge is -2.39. The van der Waals surface area contributed by atoms with Crippen LogP contribution < -0.4 is 5.32 Å². The molecule has 1 aromatic heterocycles. The molecule has 2 bridgehead atoms. The van der Waals surface area contributed by atoms with Crippen LogP contribution in [-0.4, -0.2) is 11.0 Å². The number of hydrogen-bond acceptors (Lipinski definition) is 2. The maximum Gasteiger partial charge on any atom is 0.106 e. The molecule has 2 nitrogen and oxygen atoms in total. The highest BCUT2D eigenvalue weighted by Crippen LogP contribution is 2.65. The highest BCUT2D eigenvalue weighted by molar-refractivity contribution is 9.10. The van der Waals surface area contributed by atoms with Gasteiger partial charge in [-0.2, -0.15) is 0 Å². The van der Waals surface area contributed by atoms with Gasteiger partial charge in [-0.1, -0.05) is 20.8 Å². The molecule has 0 spiro atoms. The van der Waals surface area contributed by atoms with Crippen molar-refractivity contribution in [2.24, 2.45) is 16.7 Å². The van der Waals surface area contributed by atoms with Gasteiger partial charge in [0, 0.05) is 6.04 Å². The fraction of sp³-hybridized carbons (Fsp3) is 0.667. The molecular weight excluding hydrogens is 288 g/mol.